The van der Waals surface area contributed by atoms with Gasteiger partial charge in [0, 0.05) is 12.0 Å². The molecular weight excluding hydrogens is 372 g/mol. The molecule has 0 radical (unpaired) electrons. The molecule has 140 valence electrons. The quantitative estimate of drug-likeness (QED) is 0.394. The molecule has 0 atom stereocenters. The van der Waals surface area contributed by atoms with Gasteiger partial charge in [0.05, 0.1) is 13.3 Å². The zero-order chi connectivity index (χ0) is 19.5. The molecule has 4 aromatic rings. The number of H-pyrrole nitrogens is 1. The maximum absolute atomic E-state index is 10.0. The van der Waals surface area contributed by atoms with Gasteiger partial charge in [0.25, 0.3) is 0 Å². The minimum absolute atomic E-state index is 0.107. The van der Waals surface area contributed by atoms with E-state index in [1.54, 1.807) is 30.0 Å². The van der Waals surface area contributed by atoms with Crippen LogP contribution in [-0.2, 0) is 6.42 Å². The Morgan fingerprint density at radius 1 is 1.18 bits per heavy atom. The standard InChI is InChI=1S/C21H18N4O2S/c1-27-17-9-10-19(26)16(11-17)13-22-25-20(23-24-21(25)28)12-15-7-4-6-14-5-2-3-8-18(14)15/h2-11,13,26H,12H2,1H3,(H,24,28)/b22-13+. The lowest BCUT2D eigenvalue weighted by molar-refractivity contribution is 0.412. The first-order valence-corrected chi connectivity index (χ1v) is 9.11. The summed E-state index contributed by atoms with van der Waals surface area (Å²) in [5.41, 5.74) is 1.66. The van der Waals surface area contributed by atoms with Gasteiger partial charge in [0.15, 0.2) is 5.82 Å². The molecule has 0 aliphatic rings. The number of phenolic OH excluding ortho intramolecular Hbond substituents is 1. The lowest BCUT2D eigenvalue weighted by atomic mass is 10.0. The monoisotopic (exact) mass is 390 g/mol. The number of aromatic hydroxyl groups is 1. The molecule has 0 spiro atoms. The van der Waals surface area contributed by atoms with E-state index in [1.165, 1.54) is 17.0 Å². The molecule has 2 N–H and O–H groups in total. The number of fused-ring (bicyclic) bond motifs is 1. The van der Waals surface area contributed by atoms with Crippen LogP contribution in [0.15, 0.2) is 65.8 Å². The third-order valence-corrected chi connectivity index (χ3v) is 4.76. The zero-order valence-corrected chi connectivity index (χ0v) is 16.0. The number of hydrogen-bond acceptors (Lipinski definition) is 5. The van der Waals surface area contributed by atoms with E-state index in [4.69, 9.17) is 17.0 Å². The first-order valence-electron chi connectivity index (χ1n) is 8.70. The Bertz CT molecular complexity index is 1220. The van der Waals surface area contributed by atoms with Crippen LogP contribution in [0.3, 0.4) is 0 Å². The van der Waals surface area contributed by atoms with Crippen LogP contribution in [0.25, 0.3) is 10.8 Å². The van der Waals surface area contributed by atoms with Crippen LogP contribution < -0.4 is 4.74 Å². The van der Waals surface area contributed by atoms with Crippen molar-refractivity contribution in [2.45, 2.75) is 6.42 Å². The Balaban J connectivity index is 1.69. The summed E-state index contributed by atoms with van der Waals surface area (Å²) < 4.78 is 7.14. The Morgan fingerprint density at radius 3 is 2.86 bits per heavy atom. The van der Waals surface area contributed by atoms with E-state index in [1.807, 2.05) is 18.2 Å². The number of hydrogen-bond donors (Lipinski definition) is 2. The van der Waals surface area contributed by atoms with E-state index >= 15 is 0 Å². The average molecular weight is 390 g/mol. The van der Waals surface area contributed by atoms with Gasteiger partial charge in [-0.1, -0.05) is 42.5 Å². The van der Waals surface area contributed by atoms with Gasteiger partial charge in [-0.25, -0.2) is 0 Å². The fourth-order valence-electron chi connectivity index (χ4n) is 3.06. The summed E-state index contributed by atoms with van der Waals surface area (Å²) in [5, 5.41) is 23.9. The number of aromatic amines is 1. The van der Waals surface area contributed by atoms with E-state index in [-0.39, 0.29) is 5.75 Å². The van der Waals surface area contributed by atoms with Crippen LogP contribution >= 0.6 is 12.2 Å². The first kappa shape index (κ1) is 17.9. The molecule has 1 heterocycles. The summed E-state index contributed by atoms with van der Waals surface area (Å²) in [6.07, 6.45) is 2.10. The van der Waals surface area contributed by atoms with Crippen LogP contribution in [0.4, 0.5) is 0 Å². The Morgan fingerprint density at radius 2 is 2.00 bits per heavy atom. The average Bonchev–Trinajstić information content (AvgIpc) is 3.07. The van der Waals surface area contributed by atoms with Crippen molar-refractivity contribution in [3.63, 3.8) is 0 Å². The van der Waals surface area contributed by atoms with E-state index < -0.39 is 0 Å². The summed E-state index contributed by atoms with van der Waals surface area (Å²) in [4.78, 5) is 0. The van der Waals surface area contributed by atoms with Crippen LogP contribution in [0, 0.1) is 4.77 Å². The molecule has 1 aromatic heterocycles. The van der Waals surface area contributed by atoms with Gasteiger partial charge < -0.3 is 9.84 Å². The number of phenols is 1. The minimum atomic E-state index is 0.107. The van der Waals surface area contributed by atoms with E-state index in [2.05, 4.69) is 39.6 Å². The van der Waals surface area contributed by atoms with Crippen LogP contribution in [0.5, 0.6) is 11.5 Å². The van der Waals surface area contributed by atoms with Crippen molar-refractivity contribution in [3.05, 3.63) is 82.4 Å². The summed E-state index contributed by atoms with van der Waals surface area (Å²) in [7, 11) is 1.57. The zero-order valence-electron chi connectivity index (χ0n) is 15.2. The molecule has 7 heteroatoms. The van der Waals surface area contributed by atoms with Crippen molar-refractivity contribution in [1.29, 1.82) is 0 Å². The number of nitrogens with one attached hydrogen (secondary N) is 1. The second kappa shape index (κ2) is 7.66. The maximum atomic E-state index is 10.0. The smallest absolute Gasteiger partial charge is 0.216 e. The molecule has 0 unspecified atom stereocenters. The number of rotatable bonds is 5. The highest BCUT2D eigenvalue weighted by Crippen LogP contribution is 2.22. The number of methoxy groups -OCH3 is 1. The lowest BCUT2D eigenvalue weighted by Gasteiger charge is -2.06. The van der Waals surface area contributed by atoms with Gasteiger partial charge in [-0.3, -0.25) is 5.10 Å². The lowest BCUT2D eigenvalue weighted by Crippen LogP contribution is -2.01. The predicted octanol–water partition coefficient (Wildman–Crippen LogP) is 4.28. The van der Waals surface area contributed by atoms with Gasteiger partial charge in [-0.15, -0.1) is 0 Å². The highest BCUT2D eigenvalue weighted by Gasteiger charge is 2.09. The summed E-state index contributed by atoms with van der Waals surface area (Å²) in [6.45, 7) is 0. The fraction of sp³-hybridized carbons (Fsp3) is 0.0952. The van der Waals surface area contributed by atoms with E-state index in [0.717, 1.165) is 5.56 Å². The third-order valence-electron chi connectivity index (χ3n) is 4.49. The van der Waals surface area contributed by atoms with Gasteiger partial charge in [0.2, 0.25) is 4.77 Å². The first-order chi connectivity index (χ1) is 13.7. The highest BCUT2D eigenvalue weighted by molar-refractivity contribution is 7.71. The molecule has 6 nitrogen and oxygen atoms in total. The summed E-state index contributed by atoms with van der Waals surface area (Å²) in [6, 6.07) is 19.3. The van der Waals surface area contributed by atoms with Crippen molar-refractivity contribution < 1.29 is 9.84 Å². The van der Waals surface area contributed by atoms with Crippen LogP contribution in [-0.4, -0.2) is 33.3 Å². The van der Waals surface area contributed by atoms with E-state index in [0.29, 0.717) is 28.3 Å². The molecule has 28 heavy (non-hydrogen) atoms. The van der Waals surface area contributed by atoms with Crippen molar-refractivity contribution in [2.24, 2.45) is 5.10 Å². The van der Waals surface area contributed by atoms with Gasteiger partial charge in [-0.2, -0.15) is 14.9 Å². The summed E-state index contributed by atoms with van der Waals surface area (Å²) >= 11 is 5.33. The van der Waals surface area contributed by atoms with Crippen molar-refractivity contribution in [1.82, 2.24) is 14.9 Å². The normalized spacial score (nSPS) is 11.3. The molecule has 4 rings (SSSR count). The number of benzene rings is 3. The molecular formula is C21H18N4O2S. The van der Waals surface area contributed by atoms with Gasteiger partial charge in [0.1, 0.15) is 11.5 Å². The predicted molar refractivity (Wildman–Crippen MR) is 112 cm³/mol. The number of ether oxygens (including phenoxy) is 1. The molecule has 0 saturated heterocycles. The summed E-state index contributed by atoms with van der Waals surface area (Å²) in [5.74, 6) is 1.42. The maximum Gasteiger partial charge on any atom is 0.216 e. The molecule has 0 aliphatic heterocycles. The molecule has 3 aromatic carbocycles. The molecule has 0 bridgehead atoms. The highest BCUT2D eigenvalue weighted by atomic mass is 32.1. The van der Waals surface area contributed by atoms with Crippen molar-refractivity contribution in [2.75, 3.05) is 7.11 Å². The molecule has 0 fully saturated rings. The number of nitrogens with zero attached hydrogens (tertiary/aromatic N) is 3. The minimum Gasteiger partial charge on any atom is -0.507 e. The fourth-order valence-corrected chi connectivity index (χ4v) is 3.26. The Kier molecular flexibility index (Phi) is 4.90. The Labute approximate surface area is 166 Å². The molecule has 0 amide bonds. The van der Waals surface area contributed by atoms with Gasteiger partial charge >= 0.3 is 0 Å². The largest absolute Gasteiger partial charge is 0.507 e. The van der Waals surface area contributed by atoms with Crippen molar-refractivity contribution >= 4 is 29.2 Å². The molecule has 0 saturated carbocycles. The Hall–Kier alpha value is -3.45. The van der Waals surface area contributed by atoms with Crippen LogP contribution in [0.1, 0.15) is 17.0 Å². The second-order valence-electron chi connectivity index (χ2n) is 6.24. The van der Waals surface area contributed by atoms with Crippen molar-refractivity contribution in [3.8, 4) is 11.5 Å². The topological polar surface area (TPSA) is 75.4 Å². The van der Waals surface area contributed by atoms with E-state index in [9.17, 15) is 5.11 Å². The molecule has 0 aliphatic carbocycles. The van der Waals surface area contributed by atoms with Crippen LogP contribution in [0.2, 0.25) is 0 Å². The number of aromatic nitrogens is 3. The third kappa shape index (κ3) is 3.52. The SMILES string of the molecule is COc1ccc(O)c(/C=N/n2c(Cc3cccc4ccccc34)n[nH]c2=S)c1. The second-order valence-corrected chi connectivity index (χ2v) is 6.63. The van der Waals surface area contributed by atoms with Gasteiger partial charge in [-0.05, 0) is 46.8 Å².